The highest BCUT2D eigenvalue weighted by molar-refractivity contribution is 5.50. The van der Waals surface area contributed by atoms with Crippen molar-refractivity contribution in [1.29, 1.82) is 0 Å². The molecule has 1 fully saturated rings. The summed E-state index contributed by atoms with van der Waals surface area (Å²) in [6.07, 6.45) is 0. The lowest BCUT2D eigenvalue weighted by molar-refractivity contribution is -0.0713. The van der Waals surface area contributed by atoms with E-state index in [0.717, 1.165) is 5.75 Å². The van der Waals surface area contributed by atoms with Crippen LogP contribution in [0.15, 0.2) is 12.1 Å². The van der Waals surface area contributed by atoms with Gasteiger partial charge in [0.25, 0.3) is 0 Å². The Kier molecular flexibility index (Phi) is 3.15. The van der Waals surface area contributed by atoms with Crippen molar-refractivity contribution in [2.24, 2.45) is 5.73 Å². The van der Waals surface area contributed by atoms with Crippen LogP contribution in [0, 0.1) is 13.8 Å². The molecule has 3 heteroatoms. The standard InChI is InChI=1S/C14H21NO2/c1-9-5-10(2)13(12(6-9)16-4)14(11(3)15)7-17-8-14/h5-6,11H,7-8,15H2,1-4H3. The van der Waals surface area contributed by atoms with Crippen LogP contribution in [0.4, 0.5) is 0 Å². The van der Waals surface area contributed by atoms with E-state index in [2.05, 4.69) is 26.0 Å². The SMILES string of the molecule is COc1cc(C)cc(C)c1C1(C(C)N)COC1. The van der Waals surface area contributed by atoms with Gasteiger partial charge >= 0.3 is 0 Å². The number of nitrogens with two attached hydrogens (primary N) is 1. The molecule has 0 saturated carbocycles. The first kappa shape index (κ1) is 12.4. The molecule has 1 aliphatic rings. The van der Waals surface area contributed by atoms with Gasteiger partial charge in [-0.1, -0.05) is 6.07 Å². The van der Waals surface area contributed by atoms with E-state index in [0.29, 0.717) is 13.2 Å². The average molecular weight is 235 g/mol. The van der Waals surface area contributed by atoms with Gasteiger partial charge in [0.05, 0.1) is 25.7 Å². The first-order chi connectivity index (χ1) is 8.01. The number of benzene rings is 1. The molecule has 0 amide bonds. The Morgan fingerprint density at radius 3 is 2.41 bits per heavy atom. The van der Waals surface area contributed by atoms with Crippen LogP contribution < -0.4 is 10.5 Å². The Morgan fingerprint density at radius 2 is 2.00 bits per heavy atom. The summed E-state index contributed by atoms with van der Waals surface area (Å²) in [5, 5.41) is 0. The highest BCUT2D eigenvalue weighted by Gasteiger charge is 2.46. The smallest absolute Gasteiger partial charge is 0.123 e. The molecule has 1 aliphatic heterocycles. The number of rotatable bonds is 3. The zero-order valence-corrected chi connectivity index (χ0v) is 11.0. The minimum atomic E-state index is -0.0802. The average Bonchev–Trinajstić information content (AvgIpc) is 2.18. The summed E-state index contributed by atoms with van der Waals surface area (Å²) in [5.41, 5.74) is 9.74. The molecule has 1 atom stereocenters. The van der Waals surface area contributed by atoms with Crippen LogP contribution in [0.2, 0.25) is 0 Å². The maximum absolute atomic E-state index is 6.16. The fourth-order valence-corrected chi connectivity index (χ4v) is 2.68. The second-order valence-corrected chi connectivity index (χ2v) is 5.10. The molecule has 1 aromatic carbocycles. The lowest BCUT2D eigenvalue weighted by atomic mass is 9.71. The van der Waals surface area contributed by atoms with Crippen molar-refractivity contribution >= 4 is 0 Å². The van der Waals surface area contributed by atoms with Crippen molar-refractivity contribution in [3.8, 4) is 5.75 Å². The van der Waals surface area contributed by atoms with E-state index in [4.69, 9.17) is 15.2 Å². The van der Waals surface area contributed by atoms with Gasteiger partial charge in [-0.15, -0.1) is 0 Å². The Labute approximate surface area is 103 Å². The van der Waals surface area contributed by atoms with Crippen molar-refractivity contribution < 1.29 is 9.47 Å². The number of aryl methyl sites for hydroxylation is 2. The van der Waals surface area contributed by atoms with Gasteiger partial charge in [-0.25, -0.2) is 0 Å². The van der Waals surface area contributed by atoms with E-state index in [1.54, 1.807) is 7.11 Å². The maximum atomic E-state index is 6.16. The molecule has 1 aromatic rings. The van der Waals surface area contributed by atoms with Crippen LogP contribution in [0.5, 0.6) is 5.75 Å². The lowest BCUT2D eigenvalue weighted by Crippen LogP contribution is -2.58. The molecular weight excluding hydrogens is 214 g/mol. The van der Waals surface area contributed by atoms with Crippen LogP contribution in [0.1, 0.15) is 23.6 Å². The summed E-state index contributed by atoms with van der Waals surface area (Å²) in [4.78, 5) is 0. The van der Waals surface area contributed by atoms with Crippen molar-refractivity contribution in [1.82, 2.24) is 0 Å². The third-order valence-electron chi connectivity index (χ3n) is 3.75. The zero-order chi connectivity index (χ0) is 12.6. The molecule has 3 nitrogen and oxygen atoms in total. The van der Waals surface area contributed by atoms with Gasteiger partial charge < -0.3 is 15.2 Å². The van der Waals surface area contributed by atoms with E-state index in [9.17, 15) is 0 Å². The van der Waals surface area contributed by atoms with E-state index in [1.165, 1.54) is 16.7 Å². The second kappa shape index (κ2) is 4.31. The highest BCUT2D eigenvalue weighted by Crippen LogP contribution is 2.42. The summed E-state index contributed by atoms with van der Waals surface area (Å²) in [5.74, 6) is 0.933. The lowest BCUT2D eigenvalue weighted by Gasteiger charge is -2.46. The monoisotopic (exact) mass is 235 g/mol. The Morgan fingerprint density at radius 1 is 1.35 bits per heavy atom. The molecule has 1 heterocycles. The molecule has 94 valence electrons. The quantitative estimate of drug-likeness (QED) is 0.870. The summed E-state index contributed by atoms with van der Waals surface area (Å²) in [7, 11) is 1.71. The van der Waals surface area contributed by atoms with Gasteiger partial charge in [-0.05, 0) is 38.0 Å². The predicted octanol–water partition coefficient (Wildman–Crippen LogP) is 1.93. The van der Waals surface area contributed by atoms with Gasteiger partial charge in [0.15, 0.2) is 0 Å². The van der Waals surface area contributed by atoms with E-state index in [1.807, 2.05) is 6.92 Å². The number of ether oxygens (including phenoxy) is 2. The second-order valence-electron chi connectivity index (χ2n) is 5.10. The van der Waals surface area contributed by atoms with Crippen molar-refractivity contribution in [3.05, 3.63) is 28.8 Å². The molecule has 1 saturated heterocycles. The van der Waals surface area contributed by atoms with Crippen LogP contribution >= 0.6 is 0 Å². The Bertz CT molecular complexity index is 422. The molecule has 0 radical (unpaired) electrons. The third kappa shape index (κ3) is 1.83. The molecule has 0 bridgehead atoms. The van der Waals surface area contributed by atoms with E-state index in [-0.39, 0.29) is 11.5 Å². The first-order valence-electron chi connectivity index (χ1n) is 6.00. The fraction of sp³-hybridized carbons (Fsp3) is 0.571. The van der Waals surface area contributed by atoms with Crippen molar-refractivity contribution in [2.45, 2.75) is 32.2 Å². The van der Waals surface area contributed by atoms with Crippen LogP contribution in [-0.2, 0) is 10.2 Å². The van der Waals surface area contributed by atoms with Gasteiger partial charge in [-0.2, -0.15) is 0 Å². The first-order valence-corrected chi connectivity index (χ1v) is 6.00. The van der Waals surface area contributed by atoms with Crippen LogP contribution in [0.25, 0.3) is 0 Å². The summed E-state index contributed by atoms with van der Waals surface area (Å²) < 4.78 is 10.9. The van der Waals surface area contributed by atoms with Gasteiger partial charge in [-0.3, -0.25) is 0 Å². The normalized spacial score (nSPS) is 19.6. The predicted molar refractivity (Wildman–Crippen MR) is 68.6 cm³/mol. The highest BCUT2D eigenvalue weighted by atomic mass is 16.5. The Hall–Kier alpha value is -1.06. The summed E-state index contributed by atoms with van der Waals surface area (Å²) in [6.45, 7) is 7.61. The minimum absolute atomic E-state index is 0.0616. The van der Waals surface area contributed by atoms with Crippen LogP contribution in [0.3, 0.4) is 0 Å². The summed E-state index contributed by atoms with van der Waals surface area (Å²) >= 11 is 0. The largest absolute Gasteiger partial charge is 0.496 e. The maximum Gasteiger partial charge on any atom is 0.123 e. The molecule has 2 rings (SSSR count). The molecule has 17 heavy (non-hydrogen) atoms. The zero-order valence-electron chi connectivity index (χ0n) is 11.0. The number of hydrogen-bond acceptors (Lipinski definition) is 3. The van der Waals surface area contributed by atoms with Crippen molar-refractivity contribution in [2.75, 3.05) is 20.3 Å². The molecule has 2 N–H and O–H groups in total. The molecular formula is C14H21NO2. The topological polar surface area (TPSA) is 44.5 Å². The molecule has 0 aliphatic carbocycles. The van der Waals surface area contributed by atoms with Gasteiger partial charge in [0.1, 0.15) is 5.75 Å². The Balaban J connectivity index is 2.57. The van der Waals surface area contributed by atoms with E-state index >= 15 is 0 Å². The van der Waals surface area contributed by atoms with E-state index < -0.39 is 0 Å². The molecule has 0 spiro atoms. The number of hydrogen-bond donors (Lipinski definition) is 1. The molecule has 1 unspecified atom stereocenters. The fourth-order valence-electron chi connectivity index (χ4n) is 2.68. The van der Waals surface area contributed by atoms with Gasteiger partial charge in [0, 0.05) is 11.6 Å². The van der Waals surface area contributed by atoms with Crippen molar-refractivity contribution in [3.63, 3.8) is 0 Å². The third-order valence-corrected chi connectivity index (χ3v) is 3.75. The summed E-state index contributed by atoms with van der Waals surface area (Å²) in [6, 6.07) is 4.32. The van der Waals surface area contributed by atoms with Gasteiger partial charge in [0.2, 0.25) is 0 Å². The van der Waals surface area contributed by atoms with Crippen LogP contribution in [-0.4, -0.2) is 26.4 Å². The molecule has 0 aromatic heterocycles. The number of methoxy groups -OCH3 is 1. The minimum Gasteiger partial charge on any atom is -0.496 e.